The molecule has 0 aliphatic rings. The van der Waals surface area contributed by atoms with Crippen LogP contribution in [0.2, 0.25) is 0 Å². The fraction of sp³-hybridized carbons (Fsp3) is 0.417. The van der Waals surface area contributed by atoms with E-state index < -0.39 is 6.04 Å². The molecule has 0 aliphatic carbocycles. The van der Waals surface area contributed by atoms with Gasteiger partial charge in [0.1, 0.15) is 12.4 Å². The van der Waals surface area contributed by atoms with Crippen molar-refractivity contribution in [2.45, 2.75) is 13.0 Å². The molecule has 0 fully saturated rings. The number of nitrogens with one attached hydrogen (secondary N) is 1. The summed E-state index contributed by atoms with van der Waals surface area (Å²) in [5, 5.41) is 2.69. The number of rotatable bonds is 6. The van der Waals surface area contributed by atoms with Crippen LogP contribution < -0.4 is 15.8 Å². The quantitative estimate of drug-likeness (QED) is 0.770. The molecule has 18 heavy (non-hydrogen) atoms. The van der Waals surface area contributed by atoms with Crippen LogP contribution in [0, 0.1) is 0 Å². The molecular weight excluding hydrogens is 256 g/mol. The van der Waals surface area contributed by atoms with E-state index in [2.05, 4.69) is 5.32 Å². The van der Waals surface area contributed by atoms with Gasteiger partial charge in [0, 0.05) is 12.8 Å². The second kappa shape index (κ2) is 8.74. The van der Waals surface area contributed by atoms with Gasteiger partial charge >= 0.3 is 0 Å². The van der Waals surface area contributed by atoms with Crippen molar-refractivity contribution in [3.63, 3.8) is 0 Å². The van der Waals surface area contributed by atoms with Crippen molar-refractivity contribution in [2.24, 2.45) is 5.73 Å². The number of benzene rings is 1. The lowest BCUT2D eigenvalue weighted by atomic mass is 10.2. The van der Waals surface area contributed by atoms with Crippen LogP contribution >= 0.6 is 12.4 Å². The van der Waals surface area contributed by atoms with Crippen molar-refractivity contribution in [3.05, 3.63) is 24.3 Å². The Morgan fingerprint density at radius 3 is 2.44 bits per heavy atom. The molecule has 6 heteroatoms. The Morgan fingerprint density at radius 2 is 1.94 bits per heavy atom. The zero-order valence-corrected chi connectivity index (χ0v) is 11.3. The maximum Gasteiger partial charge on any atom is 0.240 e. The van der Waals surface area contributed by atoms with Crippen molar-refractivity contribution in [2.75, 3.05) is 25.6 Å². The summed E-state index contributed by atoms with van der Waals surface area (Å²) in [6.45, 7) is 2.68. The highest BCUT2D eigenvalue weighted by atomic mass is 35.5. The number of nitrogens with two attached hydrogens (primary N) is 1. The average Bonchev–Trinajstić information content (AvgIpc) is 2.31. The lowest BCUT2D eigenvalue weighted by Crippen LogP contribution is -2.32. The lowest BCUT2D eigenvalue weighted by molar-refractivity contribution is -0.117. The molecule has 0 radical (unpaired) electrons. The summed E-state index contributed by atoms with van der Waals surface area (Å²) in [7, 11) is 1.62. The smallest absolute Gasteiger partial charge is 0.240 e. The van der Waals surface area contributed by atoms with Crippen molar-refractivity contribution in [1.82, 2.24) is 0 Å². The van der Waals surface area contributed by atoms with Gasteiger partial charge in [-0.25, -0.2) is 0 Å². The van der Waals surface area contributed by atoms with E-state index in [1.54, 1.807) is 38.3 Å². The van der Waals surface area contributed by atoms with Gasteiger partial charge in [0.15, 0.2) is 0 Å². The first kappa shape index (κ1) is 16.7. The van der Waals surface area contributed by atoms with E-state index in [1.165, 1.54) is 0 Å². The topological polar surface area (TPSA) is 73.6 Å². The van der Waals surface area contributed by atoms with Gasteiger partial charge in [-0.15, -0.1) is 12.4 Å². The monoisotopic (exact) mass is 274 g/mol. The summed E-state index contributed by atoms with van der Waals surface area (Å²) in [5.74, 6) is 0.527. The number of carbonyl (C=O) groups excluding carboxylic acids is 1. The SMILES string of the molecule is COCCOc1ccc(NC(=O)[C@@H](C)N)cc1.Cl. The van der Waals surface area contributed by atoms with E-state index in [4.69, 9.17) is 15.2 Å². The molecule has 3 N–H and O–H groups in total. The molecule has 0 bridgehead atoms. The molecule has 0 saturated heterocycles. The highest BCUT2D eigenvalue weighted by molar-refractivity contribution is 5.94. The first-order valence-electron chi connectivity index (χ1n) is 5.41. The second-order valence-corrected chi connectivity index (χ2v) is 3.64. The zero-order chi connectivity index (χ0) is 12.7. The molecule has 0 aliphatic heterocycles. The number of carbonyl (C=O) groups is 1. The molecule has 1 atom stereocenters. The lowest BCUT2D eigenvalue weighted by Gasteiger charge is -2.09. The molecule has 0 spiro atoms. The van der Waals surface area contributed by atoms with Gasteiger partial charge in [-0.2, -0.15) is 0 Å². The molecule has 1 aromatic rings. The minimum absolute atomic E-state index is 0. The summed E-state index contributed by atoms with van der Waals surface area (Å²) in [4.78, 5) is 11.3. The Hall–Kier alpha value is -1.30. The predicted molar refractivity (Wildman–Crippen MR) is 73.3 cm³/mol. The van der Waals surface area contributed by atoms with E-state index in [0.717, 1.165) is 5.75 Å². The Labute approximate surface area is 113 Å². The van der Waals surface area contributed by atoms with Gasteiger partial charge in [0.25, 0.3) is 0 Å². The Bertz CT molecular complexity index is 355. The van der Waals surface area contributed by atoms with Gasteiger partial charge < -0.3 is 20.5 Å². The minimum atomic E-state index is -0.521. The van der Waals surface area contributed by atoms with Crippen LogP contribution in [0.3, 0.4) is 0 Å². The molecule has 0 saturated carbocycles. The highest BCUT2D eigenvalue weighted by Crippen LogP contribution is 2.15. The summed E-state index contributed by atoms with van der Waals surface area (Å²) >= 11 is 0. The third kappa shape index (κ3) is 5.86. The molecule has 5 nitrogen and oxygen atoms in total. The van der Waals surface area contributed by atoms with Crippen molar-refractivity contribution >= 4 is 24.0 Å². The van der Waals surface area contributed by atoms with Crippen LogP contribution in [0.25, 0.3) is 0 Å². The van der Waals surface area contributed by atoms with E-state index in [0.29, 0.717) is 18.9 Å². The fourth-order valence-electron chi connectivity index (χ4n) is 1.13. The first-order valence-corrected chi connectivity index (χ1v) is 5.41. The number of methoxy groups -OCH3 is 1. The Morgan fingerprint density at radius 1 is 1.33 bits per heavy atom. The molecule has 0 aromatic heterocycles. The predicted octanol–water partition coefficient (Wildman–Crippen LogP) is 1.42. The van der Waals surface area contributed by atoms with Crippen LogP contribution in [0.1, 0.15) is 6.92 Å². The van der Waals surface area contributed by atoms with E-state index in [1.807, 2.05) is 0 Å². The Balaban J connectivity index is 0.00000289. The molecule has 0 heterocycles. The van der Waals surface area contributed by atoms with Crippen molar-refractivity contribution in [3.8, 4) is 5.75 Å². The fourth-order valence-corrected chi connectivity index (χ4v) is 1.13. The van der Waals surface area contributed by atoms with E-state index >= 15 is 0 Å². The van der Waals surface area contributed by atoms with Gasteiger partial charge in [0.2, 0.25) is 5.91 Å². The number of amides is 1. The van der Waals surface area contributed by atoms with Gasteiger partial charge in [0.05, 0.1) is 12.6 Å². The average molecular weight is 275 g/mol. The van der Waals surface area contributed by atoms with Crippen LogP contribution in [-0.2, 0) is 9.53 Å². The third-order valence-electron chi connectivity index (χ3n) is 2.09. The van der Waals surface area contributed by atoms with Crippen LogP contribution in [0.15, 0.2) is 24.3 Å². The van der Waals surface area contributed by atoms with E-state index in [-0.39, 0.29) is 18.3 Å². The minimum Gasteiger partial charge on any atom is -0.491 e. The first-order chi connectivity index (χ1) is 8.13. The number of hydrogen-bond acceptors (Lipinski definition) is 4. The van der Waals surface area contributed by atoms with Gasteiger partial charge in [-0.05, 0) is 31.2 Å². The standard InChI is InChI=1S/C12H18N2O3.ClH/c1-9(13)12(15)14-10-3-5-11(6-4-10)17-8-7-16-2;/h3-6,9H,7-8,13H2,1-2H3,(H,14,15);1H/t9-;/m1./s1. The Kier molecular flexibility index (Phi) is 8.11. The normalized spacial score (nSPS) is 11.3. The third-order valence-corrected chi connectivity index (χ3v) is 2.09. The molecule has 1 amide bonds. The number of halogens is 1. The largest absolute Gasteiger partial charge is 0.491 e. The number of hydrogen-bond donors (Lipinski definition) is 2. The van der Waals surface area contributed by atoms with Crippen molar-refractivity contribution in [1.29, 1.82) is 0 Å². The number of ether oxygens (including phenoxy) is 2. The van der Waals surface area contributed by atoms with Crippen LogP contribution in [0.5, 0.6) is 5.75 Å². The molecule has 1 rings (SSSR count). The second-order valence-electron chi connectivity index (χ2n) is 3.64. The van der Waals surface area contributed by atoms with Crippen LogP contribution in [0.4, 0.5) is 5.69 Å². The zero-order valence-electron chi connectivity index (χ0n) is 10.5. The van der Waals surface area contributed by atoms with Crippen molar-refractivity contribution < 1.29 is 14.3 Å². The summed E-state index contributed by atoms with van der Waals surface area (Å²) < 4.78 is 10.3. The summed E-state index contributed by atoms with van der Waals surface area (Å²) in [6.07, 6.45) is 0. The maximum absolute atomic E-state index is 11.3. The highest BCUT2D eigenvalue weighted by Gasteiger charge is 2.06. The van der Waals surface area contributed by atoms with Crippen LogP contribution in [-0.4, -0.2) is 32.3 Å². The van der Waals surface area contributed by atoms with Gasteiger partial charge in [-0.1, -0.05) is 0 Å². The molecule has 0 unspecified atom stereocenters. The van der Waals surface area contributed by atoms with E-state index in [9.17, 15) is 4.79 Å². The van der Waals surface area contributed by atoms with Gasteiger partial charge in [-0.3, -0.25) is 4.79 Å². The summed E-state index contributed by atoms with van der Waals surface area (Å²) in [6, 6.07) is 6.58. The number of anilines is 1. The molecular formula is C12H19ClN2O3. The molecule has 1 aromatic carbocycles. The maximum atomic E-state index is 11.3. The molecule has 102 valence electrons. The summed E-state index contributed by atoms with van der Waals surface area (Å²) in [5.41, 5.74) is 6.14.